The second-order valence-corrected chi connectivity index (χ2v) is 7.60. The first-order chi connectivity index (χ1) is 14.1. The molecule has 0 aromatic carbocycles. The Balaban J connectivity index is 1.71. The molecule has 0 aliphatic carbocycles. The van der Waals surface area contributed by atoms with Gasteiger partial charge < -0.3 is 14.9 Å². The Morgan fingerprint density at radius 3 is 2.73 bits per heavy atom. The minimum atomic E-state index is -4.61. The molecule has 154 valence electrons. The number of hydrogen-bond donors (Lipinski definition) is 2. The normalized spacial score (nSPS) is 11.8. The van der Waals surface area contributed by atoms with E-state index in [9.17, 15) is 22.8 Å². The lowest BCUT2D eigenvalue weighted by molar-refractivity contribution is -0.137. The second-order valence-electron chi connectivity index (χ2n) is 6.57. The van der Waals surface area contributed by atoms with Gasteiger partial charge >= 0.3 is 6.18 Å². The van der Waals surface area contributed by atoms with Gasteiger partial charge in [0.15, 0.2) is 5.01 Å². The standard InChI is InChI=1S/C19H14F3N5O2S/c1-9-3-4-13(26-16(28)12-7-24-18(30-12)19(20,21)22)25-14(9)11-8-27(2)17(29)15-10(11)5-6-23-15/h3-8,23H,1-2H3,(H,25,26,28). The smallest absolute Gasteiger partial charge is 0.357 e. The largest absolute Gasteiger partial charge is 0.443 e. The van der Waals surface area contributed by atoms with E-state index < -0.39 is 17.1 Å². The summed E-state index contributed by atoms with van der Waals surface area (Å²) in [5.41, 5.74) is 2.25. The zero-order valence-electron chi connectivity index (χ0n) is 15.7. The van der Waals surface area contributed by atoms with E-state index in [0.717, 1.165) is 11.8 Å². The van der Waals surface area contributed by atoms with Crippen LogP contribution >= 0.6 is 11.3 Å². The summed E-state index contributed by atoms with van der Waals surface area (Å²) in [6.07, 6.45) is -0.422. The highest BCUT2D eigenvalue weighted by Crippen LogP contribution is 2.33. The molecule has 4 heterocycles. The fraction of sp³-hybridized carbons (Fsp3) is 0.158. The Kier molecular flexibility index (Phi) is 4.69. The summed E-state index contributed by atoms with van der Waals surface area (Å²) in [5, 5.41) is 2.09. The highest BCUT2D eigenvalue weighted by atomic mass is 32.1. The summed E-state index contributed by atoms with van der Waals surface area (Å²) in [6.45, 7) is 1.83. The van der Waals surface area contributed by atoms with E-state index in [4.69, 9.17) is 0 Å². The Bertz CT molecular complexity index is 1340. The van der Waals surface area contributed by atoms with E-state index in [2.05, 4.69) is 20.3 Å². The molecule has 0 aliphatic heterocycles. The average molecular weight is 433 g/mol. The number of rotatable bonds is 3. The van der Waals surface area contributed by atoms with Crippen LogP contribution in [0.25, 0.3) is 22.2 Å². The van der Waals surface area contributed by atoms with Crippen molar-refractivity contribution in [2.24, 2.45) is 7.05 Å². The van der Waals surface area contributed by atoms with E-state index in [0.29, 0.717) is 22.2 Å². The molecule has 0 saturated carbocycles. The minimum Gasteiger partial charge on any atom is -0.357 e. The maximum absolute atomic E-state index is 12.7. The SMILES string of the molecule is Cc1ccc(NC(=O)c2cnc(C(F)(F)F)s2)nc1-c1cn(C)c(=O)c2[nH]ccc12. The fourth-order valence-electron chi connectivity index (χ4n) is 3.02. The number of halogens is 3. The van der Waals surface area contributed by atoms with Crippen molar-refractivity contribution in [1.82, 2.24) is 19.5 Å². The predicted molar refractivity (Wildman–Crippen MR) is 107 cm³/mol. The lowest BCUT2D eigenvalue weighted by Crippen LogP contribution is -2.17. The highest BCUT2D eigenvalue weighted by molar-refractivity contribution is 7.13. The van der Waals surface area contributed by atoms with Crippen molar-refractivity contribution in [3.05, 3.63) is 62.6 Å². The van der Waals surface area contributed by atoms with Crippen molar-refractivity contribution in [3.8, 4) is 11.3 Å². The molecule has 1 amide bonds. The molecule has 4 rings (SSSR count). The third-order valence-electron chi connectivity index (χ3n) is 4.46. The van der Waals surface area contributed by atoms with E-state index >= 15 is 0 Å². The number of pyridine rings is 2. The van der Waals surface area contributed by atoms with Gasteiger partial charge in [-0.25, -0.2) is 9.97 Å². The lowest BCUT2D eigenvalue weighted by atomic mass is 10.1. The summed E-state index contributed by atoms with van der Waals surface area (Å²) in [5.74, 6) is -0.572. The van der Waals surface area contributed by atoms with Crippen LogP contribution in [0.3, 0.4) is 0 Å². The van der Waals surface area contributed by atoms with Crippen LogP contribution in [0.5, 0.6) is 0 Å². The molecular formula is C19H14F3N5O2S. The van der Waals surface area contributed by atoms with Crippen LogP contribution in [0.1, 0.15) is 20.2 Å². The van der Waals surface area contributed by atoms with Gasteiger partial charge in [0.25, 0.3) is 11.5 Å². The number of carbonyl (C=O) groups excluding carboxylic acids is 1. The fourth-order valence-corrected chi connectivity index (χ4v) is 3.70. The zero-order valence-corrected chi connectivity index (χ0v) is 16.5. The topological polar surface area (TPSA) is 92.7 Å². The molecule has 0 radical (unpaired) electrons. The molecule has 0 atom stereocenters. The number of amides is 1. The van der Waals surface area contributed by atoms with E-state index in [1.807, 2.05) is 6.92 Å². The first-order valence-electron chi connectivity index (χ1n) is 8.64. The number of nitrogens with zero attached hydrogens (tertiary/aromatic N) is 3. The molecule has 0 fully saturated rings. The van der Waals surface area contributed by atoms with Crippen molar-refractivity contribution < 1.29 is 18.0 Å². The molecule has 0 bridgehead atoms. The monoisotopic (exact) mass is 433 g/mol. The number of hydrogen-bond acceptors (Lipinski definition) is 5. The van der Waals surface area contributed by atoms with E-state index in [1.165, 1.54) is 4.57 Å². The molecule has 7 nitrogen and oxygen atoms in total. The quantitative estimate of drug-likeness (QED) is 0.512. The van der Waals surface area contributed by atoms with Gasteiger partial charge in [0.2, 0.25) is 0 Å². The number of nitrogens with one attached hydrogen (secondary N) is 2. The lowest BCUT2D eigenvalue weighted by Gasteiger charge is -2.11. The van der Waals surface area contributed by atoms with Crippen LogP contribution in [-0.2, 0) is 13.2 Å². The van der Waals surface area contributed by atoms with Crippen molar-refractivity contribution in [1.29, 1.82) is 0 Å². The van der Waals surface area contributed by atoms with Crippen molar-refractivity contribution in [3.63, 3.8) is 0 Å². The number of alkyl halides is 3. The van der Waals surface area contributed by atoms with Crippen molar-refractivity contribution in [2.45, 2.75) is 13.1 Å². The van der Waals surface area contributed by atoms with Gasteiger partial charge in [-0.1, -0.05) is 6.07 Å². The van der Waals surface area contributed by atoms with Gasteiger partial charge in [-0.15, -0.1) is 11.3 Å². The van der Waals surface area contributed by atoms with Crippen molar-refractivity contribution in [2.75, 3.05) is 5.32 Å². The van der Waals surface area contributed by atoms with Gasteiger partial charge in [0, 0.05) is 30.4 Å². The Morgan fingerprint density at radius 2 is 2.03 bits per heavy atom. The molecule has 11 heteroatoms. The highest BCUT2D eigenvalue weighted by Gasteiger charge is 2.35. The first-order valence-corrected chi connectivity index (χ1v) is 9.46. The molecule has 0 aliphatic rings. The number of carbonyl (C=O) groups is 1. The number of fused-ring (bicyclic) bond motifs is 1. The van der Waals surface area contributed by atoms with Crippen LogP contribution in [-0.4, -0.2) is 25.4 Å². The first kappa shape index (κ1) is 19.8. The second kappa shape index (κ2) is 7.10. The summed E-state index contributed by atoms with van der Waals surface area (Å²) in [7, 11) is 1.62. The number of aromatic amines is 1. The van der Waals surface area contributed by atoms with Crippen LogP contribution < -0.4 is 10.9 Å². The third kappa shape index (κ3) is 3.47. The van der Waals surface area contributed by atoms with E-state index in [-0.39, 0.29) is 27.6 Å². The van der Waals surface area contributed by atoms with Gasteiger partial charge in [-0.3, -0.25) is 9.59 Å². The molecule has 2 N–H and O–H groups in total. The summed E-state index contributed by atoms with van der Waals surface area (Å²) in [4.78, 5) is 35.1. The summed E-state index contributed by atoms with van der Waals surface area (Å²) < 4.78 is 39.6. The van der Waals surface area contributed by atoms with Crippen LogP contribution in [0, 0.1) is 6.92 Å². The van der Waals surface area contributed by atoms with Crippen LogP contribution in [0.2, 0.25) is 0 Å². The minimum absolute atomic E-state index is 0.167. The van der Waals surface area contributed by atoms with Gasteiger partial charge in [0.05, 0.1) is 11.9 Å². The van der Waals surface area contributed by atoms with Gasteiger partial charge in [0.1, 0.15) is 16.2 Å². The van der Waals surface area contributed by atoms with Crippen molar-refractivity contribution >= 4 is 34.0 Å². The molecule has 4 aromatic rings. The number of anilines is 1. The molecule has 30 heavy (non-hydrogen) atoms. The predicted octanol–water partition coefficient (Wildman–Crippen LogP) is 3.96. The third-order valence-corrected chi connectivity index (χ3v) is 5.50. The van der Waals surface area contributed by atoms with Gasteiger partial charge in [-0.2, -0.15) is 13.2 Å². The summed E-state index contributed by atoms with van der Waals surface area (Å²) in [6, 6.07) is 5.04. The molecular weight excluding hydrogens is 419 g/mol. The number of thiazole rings is 1. The Hall–Kier alpha value is -3.47. The molecule has 0 spiro atoms. The summed E-state index contributed by atoms with van der Waals surface area (Å²) >= 11 is 0.259. The molecule has 0 saturated heterocycles. The molecule has 4 aromatic heterocycles. The molecule has 0 unspecified atom stereocenters. The zero-order chi connectivity index (χ0) is 21.6. The number of H-pyrrole nitrogens is 1. The maximum atomic E-state index is 12.7. The Labute approximate surface area is 171 Å². The Morgan fingerprint density at radius 1 is 1.27 bits per heavy atom. The van der Waals surface area contributed by atoms with Crippen LogP contribution in [0.15, 0.2) is 41.6 Å². The average Bonchev–Trinajstić information content (AvgIpc) is 3.36. The van der Waals surface area contributed by atoms with Crippen LogP contribution in [0.4, 0.5) is 19.0 Å². The van der Waals surface area contributed by atoms with E-state index in [1.54, 1.807) is 37.6 Å². The van der Waals surface area contributed by atoms with Gasteiger partial charge in [-0.05, 0) is 24.6 Å². The maximum Gasteiger partial charge on any atom is 0.443 e. The number of aryl methyl sites for hydroxylation is 2. The number of aromatic nitrogens is 4.